The highest BCUT2D eigenvalue weighted by atomic mass is 16.5. The number of methoxy groups -OCH3 is 1. The number of esters is 1. The summed E-state index contributed by atoms with van der Waals surface area (Å²) in [5.74, 6) is 0.398. The molecule has 1 aliphatic carbocycles. The summed E-state index contributed by atoms with van der Waals surface area (Å²) in [6.07, 6.45) is 1.72. The van der Waals surface area contributed by atoms with E-state index in [1.54, 1.807) is 6.07 Å². The number of aromatic nitrogens is 1. The first-order valence-electron chi connectivity index (χ1n) is 6.87. The Bertz CT molecular complexity index is 450. The first-order chi connectivity index (χ1) is 9.55. The van der Waals surface area contributed by atoms with E-state index in [0.29, 0.717) is 17.6 Å². The SMILES string of the molecule is COC(=O)C(c1cc(O[C@H]2C[C@H](CO)C2)no1)C(C)C. The Labute approximate surface area is 118 Å². The number of nitrogens with zero attached hydrogens (tertiary/aromatic N) is 1. The minimum absolute atomic E-state index is 0.0470. The number of aliphatic hydroxyl groups excluding tert-OH is 1. The Morgan fingerprint density at radius 2 is 2.25 bits per heavy atom. The van der Waals surface area contributed by atoms with Gasteiger partial charge in [-0.2, -0.15) is 0 Å². The molecular formula is C14H21NO5. The third-order valence-corrected chi connectivity index (χ3v) is 3.67. The minimum atomic E-state index is -0.476. The third-order valence-electron chi connectivity index (χ3n) is 3.67. The van der Waals surface area contributed by atoms with Crippen molar-refractivity contribution < 1.29 is 23.9 Å². The van der Waals surface area contributed by atoms with Crippen molar-refractivity contribution in [3.05, 3.63) is 11.8 Å². The van der Waals surface area contributed by atoms with Crippen LogP contribution in [0, 0.1) is 11.8 Å². The van der Waals surface area contributed by atoms with Crippen molar-refractivity contribution >= 4 is 5.97 Å². The highest BCUT2D eigenvalue weighted by Gasteiger charge is 2.33. The highest BCUT2D eigenvalue weighted by molar-refractivity contribution is 5.77. The molecule has 0 aliphatic heterocycles. The number of aliphatic hydroxyl groups is 1. The van der Waals surface area contributed by atoms with Gasteiger partial charge in [-0.1, -0.05) is 13.8 Å². The molecular weight excluding hydrogens is 262 g/mol. The van der Waals surface area contributed by atoms with Gasteiger partial charge >= 0.3 is 5.97 Å². The molecule has 6 nitrogen and oxygen atoms in total. The van der Waals surface area contributed by atoms with Crippen LogP contribution in [-0.4, -0.2) is 36.1 Å². The molecule has 1 fully saturated rings. The fourth-order valence-corrected chi connectivity index (χ4v) is 2.41. The molecule has 0 aromatic carbocycles. The minimum Gasteiger partial charge on any atom is -0.472 e. The molecule has 0 bridgehead atoms. The summed E-state index contributed by atoms with van der Waals surface area (Å²) in [6.45, 7) is 4.03. The second kappa shape index (κ2) is 6.26. The molecule has 1 saturated carbocycles. The average molecular weight is 283 g/mol. The Morgan fingerprint density at radius 3 is 2.80 bits per heavy atom. The predicted octanol–water partition coefficient (Wildman–Crippen LogP) is 1.74. The zero-order chi connectivity index (χ0) is 14.7. The van der Waals surface area contributed by atoms with Crippen LogP contribution in [0.5, 0.6) is 5.88 Å². The fraction of sp³-hybridized carbons (Fsp3) is 0.714. The Morgan fingerprint density at radius 1 is 1.55 bits per heavy atom. The van der Waals surface area contributed by atoms with E-state index in [4.69, 9.17) is 19.1 Å². The average Bonchev–Trinajstić information content (AvgIpc) is 2.81. The Hall–Kier alpha value is -1.56. The van der Waals surface area contributed by atoms with Crippen LogP contribution in [0.3, 0.4) is 0 Å². The van der Waals surface area contributed by atoms with Crippen LogP contribution in [0.4, 0.5) is 0 Å². The van der Waals surface area contributed by atoms with E-state index in [0.717, 1.165) is 12.8 Å². The molecule has 1 N–H and O–H groups in total. The van der Waals surface area contributed by atoms with Crippen molar-refractivity contribution in [2.75, 3.05) is 13.7 Å². The van der Waals surface area contributed by atoms with E-state index >= 15 is 0 Å². The van der Waals surface area contributed by atoms with E-state index in [2.05, 4.69) is 5.16 Å². The van der Waals surface area contributed by atoms with E-state index in [1.165, 1.54) is 7.11 Å². The zero-order valence-electron chi connectivity index (χ0n) is 12.0. The number of hydrogen-bond acceptors (Lipinski definition) is 6. The van der Waals surface area contributed by atoms with Crippen LogP contribution < -0.4 is 4.74 Å². The molecule has 0 saturated heterocycles. The van der Waals surface area contributed by atoms with Crippen molar-refractivity contribution in [3.63, 3.8) is 0 Å². The van der Waals surface area contributed by atoms with Crippen LogP contribution in [0.25, 0.3) is 0 Å². The molecule has 0 spiro atoms. The number of hydrogen-bond donors (Lipinski definition) is 1. The zero-order valence-corrected chi connectivity index (χ0v) is 12.0. The van der Waals surface area contributed by atoms with Crippen LogP contribution in [0.1, 0.15) is 38.4 Å². The van der Waals surface area contributed by atoms with Crippen molar-refractivity contribution in [1.29, 1.82) is 0 Å². The van der Waals surface area contributed by atoms with Crippen molar-refractivity contribution in [2.45, 2.75) is 38.7 Å². The second-order valence-corrected chi connectivity index (χ2v) is 5.57. The van der Waals surface area contributed by atoms with Crippen LogP contribution in [-0.2, 0) is 9.53 Å². The molecule has 6 heteroatoms. The smallest absolute Gasteiger partial charge is 0.316 e. The van der Waals surface area contributed by atoms with E-state index in [9.17, 15) is 4.79 Å². The van der Waals surface area contributed by atoms with Crippen LogP contribution in [0.2, 0.25) is 0 Å². The van der Waals surface area contributed by atoms with Gasteiger partial charge in [-0.15, -0.1) is 0 Å². The number of carbonyl (C=O) groups excluding carboxylic acids is 1. The molecule has 1 aromatic rings. The molecule has 1 atom stereocenters. The molecule has 20 heavy (non-hydrogen) atoms. The maximum absolute atomic E-state index is 11.8. The lowest BCUT2D eigenvalue weighted by molar-refractivity contribution is -0.144. The van der Waals surface area contributed by atoms with Crippen molar-refractivity contribution in [3.8, 4) is 5.88 Å². The number of carbonyl (C=O) groups is 1. The van der Waals surface area contributed by atoms with Gasteiger partial charge < -0.3 is 19.1 Å². The number of rotatable bonds is 6. The Kier molecular flexibility index (Phi) is 4.65. The molecule has 2 rings (SSSR count). The highest BCUT2D eigenvalue weighted by Crippen LogP contribution is 2.33. The van der Waals surface area contributed by atoms with Gasteiger partial charge in [0.25, 0.3) is 5.88 Å². The third kappa shape index (κ3) is 3.12. The topological polar surface area (TPSA) is 81.8 Å². The summed E-state index contributed by atoms with van der Waals surface area (Å²) in [5.41, 5.74) is 0. The summed E-state index contributed by atoms with van der Waals surface area (Å²) in [5, 5.41) is 12.8. The maximum Gasteiger partial charge on any atom is 0.316 e. The summed E-state index contributed by atoms with van der Waals surface area (Å²) in [7, 11) is 1.36. The van der Waals surface area contributed by atoms with Gasteiger partial charge in [0.2, 0.25) is 0 Å². The maximum atomic E-state index is 11.8. The van der Waals surface area contributed by atoms with Gasteiger partial charge in [0.15, 0.2) is 5.76 Å². The lowest BCUT2D eigenvalue weighted by Crippen LogP contribution is -2.35. The normalized spacial score (nSPS) is 23.2. The molecule has 112 valence electrons. The molecule has 0 radical (unpaired) electrons. The fourth-order valence-electron chi connectivity index (χ4n) is 2.41. The molecule has 1 aliphatic rings. The van der Waals surface area contributed by atoms with Gasteiger partial charge in [0, 0.05) is 12.7 Å². The summed E-state index contributed by atoms with van der Waals surface area (Å²) in [4.78, 5) is 11.8. The summed E-state index contributed by atoms with van der Waals surface area (Å²) < 4.78 is 15.6. The van der Waals surface area contributed by atoms with Crippen molar-refractivity contribution in [2.24, 2.45) is 11.8 Å². The molecule has 1 aromatic heterocycles. The molecule has 1 unspecified atom stereocenters. The van der Waals surface area contributed by atoms with E-state index < -0.39 is 5.92 Å². The lowest BCUT2D eigenvalue weighted by Gasteiger charge is -2.33. The first kappa shape index (κ1) is 14.8. The van der Waals surface area contributed by atoms with Crippen LogP contribution >= 0.6 is 0 Å². The predicted molar refractivity (Wildman–Crippen MR) is 70.3 cm³/mol. The second-order valence-electron chi connectivity index (χ2n) is 5.57. The van der Waals surface area contributed by atoms with Gasteiger partial charge in [0.05, 0.1) is 7.11 Å². The summed E-state index contributed by atoms with van der Waals surface area (Å²) >= 11 is 0. The van der Waals surface area contributed by atoms with Gasteiger partial charge in [-0.3, -0.25) is 4.79 Å². The lowest BCUT2D eigenvalue weighted by atomic mass is 9.83. The Balaban J connectivity index is 1.98. The van der Waals surface area contributed by atoms with Gasteiger partial charge in [-0.05, 0) is 29.8 Å². The standard InChI is InChI=1S/C14H21NO5/c1-8(2)13(14(17)18-3)11-6-12(15-20-11)19-10-4-9(5-10)7-16/h6,8-10,13,16H,4-5,7H2,1-3H3/t9-,10-,13?. The monoisotopic (exact) mass is 283 g/mol. The molecule has 1 heterocycles. The molecule has 0 amide bonds. The quantitative estimate of drug-likeness (QED) is 0.801. The number of ether oxygens (including phenoxy) is 2. The van der Waals surface area contributed by atoms with Gasteiger partial charge in [-0.25, -0.2) is 0 Å². The first-order valence-corrected chi connectivity index (χ1v) is 6.87. The van der Waals surface area contributed by atoms with Crippen LogP contribution in [0.15, 0.2) is 10.6 Å². The van der Waals surface area contributed by atoms with E-state index in [-0.39, 0.29) is 24.6 Å². The van der Waals surface area contributed by atoms with Crippen molar-refractivity contribution in [1.82, 2.24) is 5.16 Å². The van der Waals surface area contributed by atoms with Gasteiger partial charge in [0.1, 0.15) is 12.0 Å². The van der Waals surface area contributed by atoms with E-state index in [1.807, 2.05) is 13.8 Å². The summed E-state index contributed by atoms with van der Waals surface area (Å²) in [6, 6.07) is 1.65. The largest absolute Gasteiger partial charge is 0.472 e.